The number of aliphatic hydroxyl groups excluding tert-OH is 1. The molecule has 2 aromatic heterocycles. The van der Waals surface area contributed by atoms with Crippen LogP contribution in [0, 0.1) is 13.8 Å². The van der Waals surface area contributed by atoms with Gasteiger partial charge in [0.2, 0.25) is 5.62 Å². The highest BCUT2D eigenvalue weighted by Crippen LogP contribution is 2.40. The fraction of sp³-hybridized carbons (Fsp3) is 0.536. The van der Waals surface area contributed by atoms with Gasteiger partial charge in [-0.2, -0.15) is 9.61 Å². The first kappa shape index (κ1) is 29.0. The van der Waals surface area contributed by atoms with Gasteiger partial charge in [-0.05, 0) is 50.3 Å². The second-order valence-electron chi connectivity index (χ2n) is 10.2. The van der Waals surface area contributed by atoms with Gasteiger partial charge in [0.15, 0.2) is 28.7 Å². The van der Waals surface area contributed by atoms with Gasteiger partial charge in [-0.1, -0.05) is 27.7 Å². The normalized spacial score (nSPS) is 12.3. The highest BCUT2D eigenvalue weighted by molar-refractivity contribution is 5.97. The van der Waals surface area contributed by atoms with Gasteiger partial charge in [0.25, 0.3) is 0 Å². The van der Waals surface area contributed by atoms with E-state index in [0.29, 0.717) is 47.0 Å². The summed E-state index contributed by atoms with van der Waals surface area (Å²) in [6.07, 6.45) is 1.13. The first-order valence-corrected chi connectivity index (χ1v) is 13.0. The van der Waals surface area contributed by atoms with E-state index in [1.807, 2.05) is 54.5 Å². The van der Waals surface area contributed by atoms with Crippen LogP contribution in [0.15, 0.2) is 17.1 Å². The third kappa shape index (κ3) is 5.80. The molecule has 0 spiro atoms. The van der Waals surface area contributed by atoms with Crippen LogP contribution in [0.25, 0.3) is 5.65 Å². The minimum Gasteiger partial charge on any atom is -0.493 e. The molecule has 0 unspecified atom stereocenters. The van der Waals surface area contributed by atoms with E-state index >= 15 is 0 Å². The molecular weight excluding hydrogens is 486 g/mol. The highest BCUT2D eigenvalue weighted by atomic mass is 16.5. The predicted molar refractivity (Wildman–Crippen MR) is 144 cm³/mol. The van der Waals surface area contributed by atoms with Crippen molar-refractivity contribution < 1.29 is 24.2 Å². The van der Waals surface area contributed by atoms with E-state index in [1.54, 1.807) is 17.7 Å². The summed E-state index contributed by atoms with van der Waals surface area (Å²) < 4.78 is 14.5. The second kappa shape index (κ2) is 11.9. The number of ether oxygens (including phenoxy) is 2. The number of carbonyl (C=O) groups excluding carboxylic acids is 2. The average molecular weight is 526 g/mol. The lowest BCUT2D eigenvalue weighted by Crippen LogP contribution is -2.29. The van der Waals surface area contributed by atoms with Gasteiger partial charge in [-0.15, -0.1) is 5.10 Å². The van der Waals surface area contributed by atoms with Crippen LogP contribution >= 0.6 is 0 Å². The molecule has 0 saturated carbocycles. The maximum Gasteiger partial charge on any atom is 0.245 e. The van der Waals surface area contributed by atoms with Crippen LogP contribution in [0.1, 0.15) is 85.0 Å². The minimum atomic E-state index is -0.335. The number of fused-ring (bicyclic) bond motifs is 1. The maximum atomic E-state index is 13.6. The summed E-state index contributed by atoms with van der Waals surface area (Å²) in [6.45, 7) is 13.9. The van der Waals surface area contributed by atoms with Crippen molar-refractivity contribution in [2.75, 3.05) is 26.9 Å². The zero-order valence-electron chi connectivity index (χ0n) is 23.7. The molecule has 1 N–H and O–H groups in total. The van der Waals surface area contributed by atoms with Crippen molar-refractivity contribution in [3.05, 3.63) is 45.7 Å². The molecule has 3 rings (SSSR count). The number of aryl methyl sites for hydroxylation is 1. The number of rotatable bonds is 11. The molecular formula is C28H39N5O5. The zero-order valence-corrected chi connectivity index (χ0v) is 23.7. The molecule has 3 aromatic rings. The Bertz CT molecular complexity index is 1410. The van der Waals surface area contributed by atoms with Crippen molar-refractivity contribution in [2.45, 2.75) is 73.3 Å². The average Bonchev–Trinajstić information content (AvgIpc) is 3.20. The van der Waals surface area contributed by atoms with Gasteiger partial charge in [-0.25, -0.2) is 9.67 Å². The summed E-state index contributed by atoms with van der Waals surface area (Å²) >= 11 is 0. The van der Waals surface area contributed by atoms with Crippen LogP contribution in [0.2, 0.25) is 0 Å². The Morgan fingerprint density at radius 2 is 1.79 bits per heavy atom. The Hall–Kier alpha value is -3.53. The molecule has 0 amide bonds. The van der Waals surface area contributed by atoms with Crippen molar-refractivity contribution in [3.63, 3.8) is 0 Å². The number of hydrogen-bond donors (Lipinski definition) is 1. The molecule has 0 radical (unpaired) electrons. The van der Waals surface area contributed by atoms with Crippen LogP contribution in [-0.4, -0.2) is 62.9 Å². The molecule has 0 aliphatic heterocycles. The van der Waals surface area contributed by atoms with E-state index in [2.05, 4.69) is 15.2 Å². The lowest BCUT2D eigenvalue weighted by Gasteiger charge is -2.25. The summed E-state index contributed by atoms with van der Waals surface area (Å²) in [4.78, 5) is 30.9. The summed E-state index contributed by atoms with van der Waals surface area (Å²) in [5.74, 6) is 0.689. The van der Waals surface area contributed by atoms with Crippen molar-refractivity contribution in [1.82, 2.24) is 19.4 Å². The molecule has 10 nitrogen and oxygen atoms in total. The molecule has 0 atom stereocenters. The molecule has 38 heavy (non-hydrogen) atoms. The lowest BCUT2D eigenvalue weighted by molar-refractivity contribution is 0.0959. The van der Waals surface area contributed by atoms with Crippen LogP contribution in [-0.2, 0) is 12.0 Å². The lowest BCUT2D eigenvalue weighted by atomic mass is 9.84. The molecule has 2 heterocycles. The SMILES string of the molecule is CCCC(=O)c1nn2/c(=N/CC)n(CC(=O)c3cc(OCCO)c(OC)c(C(C)(C)C)c3)nc2c(C)c1C. The number of methoxy groups -OCH3 is 1. The summed E-state index contributed by atoms with van der Waals surface area (Å²) in [6, 6.07) is 3.45. The Morgan fingerprint density at radius 1 is 1.08 bits per heavy atom. The smallest absolute Gasteiger partial charge is 0.245 e. The van der Waals surface area contributed by atoms with E-state index in [1.165, 1.54) is 4.68 Å². The van der Waals surface area contributed by atoms with Crippen LogP contribution in [0.5, 0.6) is 11.5 Å². The molecule has 0 saturated heterocycles. The van der Waals surface area contributed by atoms with Gasteiger partial charge in [-0.3, -0.25) is 9.59 Å². The molecule has 206 valence electrons. The molecule has 0 aliphatic rings. The summed E-state index contributed by atoms with van der Waals surface area (Å²) in [5.41, 5.74) is 3.84. The first-order valence-electron chi connectivity index (χ1n) is 13.0. The van der Waals surface area contributed by atoms with Gasteiger partial charge < -0.3 is 14.6 Å². The van der Waals surface area contributed by atoms with Crippen molar-refractivity contribution in [2.24, 2.45) is 4.99 Å². The van der Waals surface area contributed by atoms with Crippen molar-refractivity contribution in [3.8, 4) is 11.5 Å². The molecule has 0 aliphatic carbocycles. The number of aromatic nitrogens is 4. The maximum absolute atomic E-state index is 13.6. The van der Waals surface area contributed by atoms with Gasteiger partial charge in [0.05, 0.1) is 13.7 Å². The standard InChI is InChI=1S/C28H39N5O5/c1-9-11-21(35)24-17(3)18(4)26-31-32(27(29-10-2)33(26)30-24)16-22(36)19-14-20(28(5,6)7)25(37-8)23(15-19)38-13-12-34/h14-15,34H,9-13,16H2,1-8H3/b29-27+. The number of Topliss-reactive ketones (excluding diaryl/α,β-unsaturated/α-hetero) is 2. The van der Waals surface area contributed by atoms with Gasteiger partial charge in [0.1, 0.15) is 18.8 Å². The second-order valence-corrected chi connectivity index (χ2v) is 10.2. The highest BCUT2D eigenvalue weighted by Gasteiger charge is 2.26. The van der Waals surface area contributed by atoms with E-state index in [4.69, 9.17) is 9.47 Å². The third-order valence-corrected chi connectivity index (χ3v) is 6.36. The van der Waals surface area contributed by atoms with Gasteiger partial charge in [0, 0.05) is 29.7 Å². The zero-order chi connectivity index (χ0) is 28.2. The predicted octanol–water partition coefficient (Wildman–Crippen LogP) is 3.61. The quantitative estimate of drug-likeness (QED) is 0.380. The Labute approximate surface area is 223 Å². The Kier molecular flexibility index (Phi) is 9.09. The Morgan fingerprint density at radius 3 is 2.37 bits per heavy atom. The summed E-state index contributed by atoms with van der Waals surface area (Å²) in [7, 11) is 1.56. The Balaban J connectivity index is 2.15. The molecule has 0 fully saturated rings. The van der Waals surface area contributed by atoms with Crippen LogP contribution in [0.4, 0.5) is 0 Å². The topological polar surface area (TPSA) is 120 Å². The first-order chi connectivity index (χ1) is 18.0. The summed E-state index contributed by atoms with van der Waals surface area (Å²) in [5, 5.41) is 18.6. The number of hydrogen-bond acceptors (Lipinski definition) is 8. The van der Waals surface area contributed by atoms with E-state index in [0.717, 1.165) is 23.1 Å². The molecule has 10 heteroatoms. The number of benzene rings is 1. The van der Waals surface area contributed by atoms with E-state index < -0.39 is 0 Å². The minimum absolute atomic E-state index is 0.0304. The molecule has 1 aromatic carbocycles. The number of aliphatic hydroxyl groups is 1. The van der Waals surface area contributed by atoms with Crippen LogP contribution in [0.3, 0.4) is 0 Å². The van der Waals surface area contributed by atoms with Gasteiger partial charge >= 0.3 is 0 Å². The third-order valence-electron chi connectivity index (χ3n) is 6.36. The largest absolute Gasteiger partial charge is 0.493 e. The van der Waals surface area contributed by atoms with E-state index in [9.17, 15) is 14.7 Å². The van der Waals surface area contributed by atoms with Crippen molar-refractivity contribution in [1.29, 1.82) is 0 Å². The fourth-order valence-corrected chi connectivity index (χ4v) is 4.28. The van der Waals surface area contributed by atoms with Crippen LogP contribution < -0.4 is 15.1 Å². The van der Waals surface area contributed by atoms with E-state index in [-0.39, 0.29) is 36.7 Å². The number of carbonyl (C=O) groups is 2. The number of ketones is 2. The van der Waals surface area contributed by atoms with Crippen molar-refractivity contribution >= 4 is 17.2 Å². The number of nitrogens with zero attached hydrogens (tertiary/aromatic N) is 5. The molecule has 0 bridgehead atoms. The fourth-order valence-electron chi connectivity index (χ4n) is 4.28. The monoisotopic (exact) mass is 525 g/mol.